The summed E-state index contributed by atoms with van der Waals surface area (Å²) in [6.45, 7) is 2.47. The van der Waals surface area contributed by atoms with Crippen molar-refractivity contribution in [2.45, 2.75) is 0 Å². The van der Waals surface area contributed by atoms with Crippen LogP contribution in [-0.2, 0) is 0 Å². The standard InChI is InChI=1S/C24H22ClN5O5S2/c1-35-20-7-4-15(13-19(20)30(33)34)22(31)27-24(36)26-16-5-6-18(17(25)14-16)28-8-10-29(11-9-28)23(32)21-3-2-12-37-21/h2-7,12-14H,8-11H2,1H3,(H2,26,27,31,36). The highest BCUT2D eigenvalue weighted by molar-refractivity contribution is 7.80. The number of benzene rings is 2. The predicted molar refractivity (Wildman–Crippen MR) is 147 cm³/mol. The highest BCUT2D eigenvalue weighted by Crippen LogP contribution is 2.30. The van der Waals surface area contributed by atoms with Crippen molar-refractivity contribution in [3.8, 4) is 5.75 Å². The van der Waals surface area contributed by atoms with E-state index in [1.807, 2.05) is 28.5 Å². The molecule has 3 aromatic rings. The first kappa shape index (κ1) is 26.3. The molecule has 10 nitrogen and oxygen atoms in total. The molecule has 2 amide bonds. The zero-order valence-electron chi connectivity index (χ0n) is 19.6. The number of thiocarbonyl (C=S) groups is 1. The maximum absolute atomic E-state index is 12.6. The van der Waals surface area contributed by atoms with E-state index in [9.17, 15) is 19.7 Å². The lowest BCUT2D eigenvalue weighted by Gasteiger charge is -2.36. The van der Waals surface area contributed by atoms with Crippen LogP contribution in [0.15, 0.2) is 53.9 Å². The summed E-state index contributed by atoms with van der Waals surface area (Å²) >= 11 is 13.2. The molecule has 1 fully saturated rings. The van der Waals surface area contributed by atoms with Crippen molar-refractivity contribution >= 4 is 69.1 Å². The summed E-state index contributed by atoms with van der Waals surface area (Å²) < 4.78 is 4.95. The molecular weight excluding hydrogens is 538 g/mol. The van der Waals surface area contributed by atoms with Gasteiger partial charge in [-0.2, -0.15) is 0 Å². The molecule has 0 aliphatic carbocycles. The summed E-state index contributed by atoms with van der Waals surface area (Å²) in [5.41, 5.74) is 1.12. The second-order valence-electron chi connectivity index (χ2n) is 7.97. The van der Waals surface area contributed by atoms with E-state index in [0.717, 1.165) is 16.6 Å². The van der Waals surface area contributed by atoms with E-state index in [1.54, 1.807) is 12.1 Å². The number of carbonyl (C=O) groups excluding carboxylic acids is 2. The summed E-state index contributed by atoms with van der Waals surface area (Å²) in [6, 6.07) is 12.9. The Morgan fingerprint density at radius 2 is 1.89 bits per heavy atom. The second-order valence-corrected chi connectivity index (χ2v) is 9.74. The summed E-state index contributed by atoms with van der Waals surface area (Å²) in [6.07, 6.45) is 0. The maximum atomic E-state index is 12.6. The van der Waals surface area contributed by atoms with Crippen LogP contribution in [0.3, 0.4) is 0 Å². The lowest BCUT2D eigenvalue weighted by molar-refractivity contribution is -0.385. The number of anilines is 2. The number of piperazine rings is 1. The van der Waals surface area contributed by atoms with Gasteiger partial charge in [0, 0.05) is 43.5 Å². The van der Waals surface area contributed by atoms with Crippen molar-refractivity contribution in [2.75, 3.05) is 43.5 Å². The van der Waals surface area contributed by atoms with Crippen LogP contribution in [0.25, 0.3) is 0 Å². The first-order valence-corrected chi connectivity index (χ1v) is 12.8. The molecule has 13 heteroatoms. The van der Waals surface area contributed by atoms with Gasteiger partial charge in [0.15, 0.2) is 10.9 Å². The highest BCUT2D eigenvalue weighted by atomic mass is 35.5. The van der Waals surface area contributed by atoms with Gasteiger partial charge in [-0.15, -0.1) is 11.3 Å². The van der Waals surface area contributed by atoms with Crippen molar-refractivity contribution in [3.05, 3.63) is 79.5 Å². The number of amides is 2. The van der Waals surface area contributed by atoms with Gasteiger partial charge in [0.1, 0.15) is 0 Å². The molecule has 0 saturated carbocycles. The van der Waals surface area contributed by atoms with Crippen LogP contribution in [0.4, 0.5) is 17.1 Å². The molecule has 2 aromatic carbocycles. The first-order valence-electron chi connectivity index (χ1n) is 11.1. The van der Waals surface area contributed by atoms with Crippen molar-refractivity contribution in [1.82, 2.24) is 10.2 Å². The lowest BCUT2D eigenvalue weighted by Crippen LogP contribution is -2.48. The molecule has 1 aromatic heterocycles. The van der Waals surface area contributed by atoms with Gasteiger partial charge in [-0.05, 0) is 54.0 Å². The Morgan fingerprint density at radius 3 is 2.51 bits per heavy atom. The molecule has 192 valence electrons. The third kappa shape index (κ3) is 6.16. The van der Waals surface area contributed by atoms with Crippen LogP contribution in [0.1, 0.15) is 20.0 Å². The number of rotatable bonds is 6. The number of nitrogens with zero attached hydrogens (tertiary/aromatic N) is 3. The lowest BCUT2D eigenvalue weighted by atomic mass is 10.1. The number of nitrogens with one attached hydrogen (secondary N) is 2. The Labute approximate surface area is 226 Å². The number of nitro benzene ring substituents is 1. The third-order valence-corrected chi connectivity index (χ3v) is 7.07. The number of hydrogen-bond acceptors (Lipinski definition) is 8. The molecule has 1 saturated heterocycles. The fourth-order valence-electron chi connectivity index (χ4n) is 3.86. The molecule has 0 unspecified atom stereocenters. The summed E-state index contributed by atoms with van der Waals surface area (Å²) in [5, 5.41) is 19.0. The molecule has 0 spiro atoms. The maximum Gasteiger partial charge on any atom is 0.311 e. The zero-order chi connectivity index (χ0) is 26.5. The molecule has 2 heterocycles. The quantitative estimate of drug-likeness (QED) is 0.259. The van der Waals surface area contributed by atoms with Crippen molar-refractivity contribution in [2.24, 2.45) is 0 Å². The topological polar surface area (TPSA) is 117 Å². The van der Waals surface area contributed by atoms with E-state index in [4.69, 9.17) is 28.6 Å². The van der Waals surface area contributed by atoms with Gasteiger partial charge < -0.3 is 19.9 Å². The van der Waals surface area contributed by atoms with Crippen molar-refractivity contribution in [1.29, 1.82) is 0 Å². The van der Waals surface area contributed by atoms with Crippen LogP contribution in [0.2, 0.25) is 5.02 Å². The number of nitro groups is 1. The van der Waals surface area contributed by atoms with Gasteiger partial charge >= 0.3 is 5.69 Å². The molecule has 37 heavy (non-hydrogen) atoms. The zero-order valence-corrected chi connectivity index (χ0v) is 22.0. The van der Waals surface area contributed by atoms with Gasteiger partial charge in [-0.1, -0.05) is 17.7 Å². The van der Waals surface area contributed by atoms with Crippen LogP contribution < -0.4 is 20.3 Å². The largest absolute Gasteiger partial charge is 0.490 e. The summed E-state index contributed by atoms with van der Waals surface area (Å²) in [5.74, 6) is -0.520. The number of ether oxygens (including phenoxy) is 1. The second kappa shape index (κ2) is 11.5. The minimum Gasteiger partial charge on any atom is -0.490 e. The molecular formula is C24H22ClN5O5S2. The third-order valence-electron chi connectivity index (χ3n) is 5.71. The van der Waals surface area contributed by atoms with Gasteiger partial charge in [-0.25, -0.2) is 0 Å². The number of methoxy groups -OCH3 is 1. The Morgan fingerprint density at radius 1 is 1.14 bits per heavy atom. The minimum absolute atomic E-state index is 0.00740. The van der Waals surface area contributed by atoms with E-state index in [2.05, 4.69) is 15.5 Å². The minimum atomic E-state index is -0.628. The van der Waals surface area contributed by atoms with E-state index in [0.29, 0.717) is 36.9 Å². The van der Waals surface area contributed by atoms with E-state index < -0.39 is 10.8 Å². The van der Waals surface area contributed by atoms with E-state index in [1.165, 1.54) is 30.6 Å². The SMILES string of the molecule is COc1ccc(C(=O)NC(=S)Nc2ccc(N3CCN(C(=O)c4cccs4)CC3)c(Cl)c2)cc1[N+](=O)[O-]. The van der Waals surface area contributed by atoms with Crippen LogP contribution in [-0.4, -0.2) is 60.0 Å². The average Bonchev–Trinajstić information content (AvgIpc) is 3.43. The molecule has 0 bridgehead atoms. The van der Waals surface area contributed by atoms with Crippen molar-refractivity contribution in [3.63, 3.8) is 0 Å². The van der Waals surface area contributed by atoms with E-state index in [-0.39, 0.29) is 28.0 Å². The Balaban J connectivity index is 1.34. The molecule has 1 aliphatic heterocycles. The Kier molecular flexibility index (Phi) is 8.21. The molecule has 2 N–H and O–H groups in total. The van der Waals surface area contributed by atoms with Crippen LogP contribution in [0.5, 0.6) is 5.75 Å². The van der Waals surface area contributed by atoms with Crippen molar-refractivity contribution < 1.29 is 19.2 Å². The number of halogens is 1. The monoisotopic (exact) mass is 559 g/mol. The molecule has 0 radical (unpaired) electrons. The Bertz CT molecular complexity index is 1340. The number of hydrogen-bond donors (Lipinski definition) is 2. The van der Waals surface area contributed by atoms with Gasteiger partial charge in [0.25, 0.3) is 11.8 Å². The predicted octanol–water partition coefficient (Wildman–Crippen LogP) is 4.41. The van der Waals surface area contributed by atoms with Crippen LogP contribution in [0, 0.1) is 10.1 Å². The molecule has 0 atom stereocenters. The van der Waals surface area contributed by atoms with Gasteiger partial charge in [0.2, 0.25) is 0 Å². The van der Waals surface area contributed by atoms with E-state index >= 15 is 0 Å². The first-order chi connectivity index (χ1) is 17.8. The fourth-order valence-corrected chi connectivity index (χ4v) is 5.06. The summed E-state index contributed by atoms with van der Waals surface area (Å²) in [4.78, 5) is 40.4. The smallest absolute Gasteiger partial charge is 0.311 e. The molecule has 1 aliphatic rings. The highest BCUT2D eigenvalue weighted by Gasteiger charge is 2.24. The molecule has 4 rings (SSSR count). The Hall–Kier alpha value is -3.74. The van der Waals surface area contributed by atoms with Crippen LogP contribution >= 0.6 is 35.2 Å². The number of carbonyl (C=O) groups is 2. The number of thiophene rings is 1. The normalized spacial score (nSPS) is 13.1. The summed E-state index contributed by atoms with van der Waals surface area (Å²) in [7, 11) is 1.31. The van der Waals surface area contributed by atoms with Gasteiger partial charge in [0.05, 0.1) is 27.6 Å². The van der Waals surface area contributed by atoms with Gasteiger partial charge in [-0.3, -0.25) is 25.0 Å². The average molecular weight is 560 g/mol. The fraction of sp³-hybridized carbons (Fsp3) is 0.208.